The van der Waals surface area contributed by atoms with E-state index in [4.69, 9.17) is 17.3 Å². The quantitative estimate of drug-likeness (QED) is 0.757. The van der Waals surface area contributed by atoms with E-state index < -0.39 is 5.60 Å². The van der Waals surface area contributed by atoms with Gasteiger partial charge in [0.15, 0.2) is 0 Å². The average Bonchev–Trinajstić information content (AvgIpc) is 2.64. The Morgan fingerprint density at radius 2 is 1.85 bits per heavy atom. The average molecular weight is 409 g/mol. The van der Waals surface area contributed by atoms with Crippen LogP contribution in [-0.4, -0.2) is 29.0 Å². The lowest BCUT2D eigenvalue weighted by Gasteiger charge is -2.44. The topological polar surface area (TPSA) is 66.6 Å². The molecule has 0 radical (unpaired) electrons. The molecule has 1 saturated heterocycles. The second-order valence-corrected chi connectivity index (χ2v) is 7.46. The number of hydrogen-bond donors (Lipinski definition) is 2. The van der Waals surface area contributed by atoms with Gasteiger partial charge in [-0.2, -0.15) is 0 Å². The van der Waals surface area contributed by atoms with Crippen LogP contribution >= 0.6 is 24.0 Å². The van der Waals surface area contributed by atoms with Crippen LogP contribution in [0.2, 0.25) is 5.02 Å². The molecule has 0 saturated carbocycles. The maximum atomic E-state index is 11.4. The summed E-state index contributed by atoms with van der Waals surface area (Å²) in [5.41, 5.74) is 6.47. The predicted molar refractivity (Wildman–Crippen MR) is 111 cm³/mol. The monoisotopic (exact) mass is 408 g/mol. The molecule has 3 N–H and O–H groups in total. The number of hydrogen-bond acceptors (Lipinski definition) is 3. The molecule has 1 heterocycles. The first-order valence-corrected chi connectivity index (χ1v) is 9.41. The maximum Gasteiger partial charge on any atom is 0.217 e. The summed E-state index contributed by atoms with van der Waals surface area (Å²) < 4.78 is 0. The minimum absolute atomic E-state index is 0. The molecule has 2 aromatic rings. The summed E-state index contributed by atoms with van der Waals surface area (Å²) >= 11 is 6.00. The fourth-order valence-corrected chi connectivity index (χ4v) is 3.91. The molecule has 1 aliphatic rings. The number of rotatable bonds is 6. The molecule has 6 heteroatoms. The molecule has 27 heavy (non-hydrogen) atoms. The number of primary amides is 1. The van der Waals surface area contributed by atoms with Crippen LogP contribution in [-0.2, 0) is 10.4 Å². The normalized spacial score (nSPS) is 22.8. The first kappa shape index (κ1) is 21.7. The molecular formula is C21H26Cl2N2O2. The number of halogens is 2. The van der Waals surface area contributed by atoms with Gasteiger partial charge in [0.25, 0.3) is 0 Å². The van der Waals surface area contributed by atoms with E-state index in [1.807, 2.05) is 42.5 Å². The number of piperidine rings is 1. The standard InChI is InChI=1S/C21H25ClN2O2.ClH/c22-18-10-8-17(9-11-18)21(26)12-14-24(13-4-7-20(23)25)19(15-21)16-5-2-1-3-6-16;/h1-3,5-6,8-11,19,26H,4,7,12-15H2,(H2,23,25);1H. The van der Waals surface area contributed by atoms with Crippen molar-refractivity contribution in [2.24, 2.45) is 5.73 Å². The van der Waals surface area contributed by atoms with Crippen molar-refractivity contribution < 1.29 is 9.90 Å². The van der Waals surface area contributed by atoms with E-state index in [1.54, 1.807) is 0 Å². The lowest BCUT2D eigenvalue weighted by Crippen LogP contribution is -2.45. The Balaban J connectivity index is 0.00000261. The van der Waals surface area contributed by atoms with E-state index in [0.29, 0.717) is 24.3 Å². The fraction of sp³-hybridized carbons (Fsp3) is 0.381. The van der Waals surface area contributed by atoms with Crippen LogP contribution in [0.25, 0.3) is 0 Å². The van der Waals surface area contributed by atoms with Crippen LogP contribution in [0.5, 0.6) is 0 Å². The number of amides is 1. The highest BCUT2D eigenvalue weighted by Crippen LogP contribution is 2.42. The summed E-state index contributed by atoms with van der Waals surface area (Å²) in [6, 6.07) is 17.8. The van der Waals surface area contributed by atoms with E-state index in [0.717, 1.165) is 25.1 Å². The van der Waals surface area contributed by atoms with Crippen LogP contribution in [0, 0.1) is 0 Å². The van der Waals surface area contributed by atoms with E-state index in [2.05, 4.69) is 17.0 Å². The number of nitrogens with two attached hydrogens (primary N) is 1. The first-order chi connectivity index (χ1) is 12.5. The van der Waals surface area contributed by atoms with Gasteiger partial charge in [-0.05, 0) is 42.6 Å². The molecule has 146 valence electrons. The zero-order valence-electron chi connectivity index (χ0n) is 15.2. The fourth-order valence-electron chi connectivity index (χ4n) is 3.79. The van der Waals surface area contributed by atoms with Crippen LogP contribution in [0.4, 0.5) is 0 Å². The molecule has 1 fully saturated rings. The van der Waals surface area contributed by atoms with Gasteiger partial charge >= 0.3 is 0 Å². The molecule has 0 aliphatic carbocycles. The third kappa shape index (κ3) is 5.45. The second kappa shape index (κ2) is 9.56. The van der Waals surface area contributed by atoms with E-state index in [1.165, 1.54) is 5.56 Å². The summed E-state index contributed by atoms with van der Waals surface area (Å²) in [4.78, 5) is 13.4. The van der Waals surface area contributed by atoms with Crippen molar-refractivity contribution >= 4 is 29.9 Å². The Bertz CT molecular complexity index is 740. The van der Waals surface area contributed by atoms with E-state index >= 15 is 0 Å². The summed E-state index contributed by atoms with van der Waals surface area (Å²) in [6.45, 7) is 1.55. The third-order valence-electron chi connectivity index (χ3n) is 5.22. The Morgan fingerprint density at radius 3 is 2.48 bits per heavy atom. The second-order valence-electron chi connectivity index (χ2n) is 7.02. The Labute approximate surface area is 171 Å². The largest absolute Gasteiger partial charge is 0.385 e. The first-order valence-electron chi connectivity index (χ1n) is 9.04. The Hall–Kier alpha value is -1.59. The number of carbonyl (C=O) groups excluding carboxylic acids is 1. The number of likely N-dealkylation sites (tertiary alicyclic amines) is 1. The third-order valence-corrected chi connectivity index (χ3v) is 5.47. The maximum absolute atomic E-state index is 11.4. The van der Waals surface area contributed by atoms with Crippen molar-refractivity contribution in [3.05, 3.63) is 70.7 Å². The molecule has 2 aromatic carbocycles. The van der Waals surface area contributed by atoms with Gasteiger partial charge in [0.05, 0.1) is 5.60 Å². The minimum Gasteiger partial charge on any atom is -0.385 e. The number of aliphatic hydroxyl groups is 1. The van der Waals surface area contributed by atoms with E-state index in [-0.39, 0.29) is 24.4 Å². The lowest BCUT2D eigenvalue weighted by molar-refractivity contribution is -0.118. The van der Waals surface area contributed by atoms with Crippen molar-refractivity contribution in [3.8, 4) is 0 Å². The van der Waals surface area contributed by atoms with E-state index in [9.17, 15) is 9.90 Å². The lowest BCUT2D eigenvalue weighted by atomic mass is 9.79. The van der Waals surface area contributed by atoms with Gasteiger partial charge in [0, 0.05) is 30.5 Å². The van der Waals surface area contributed by atoms with Gasteiger partial charge in [0.1, 0.15) is 0 Å². The van der Waals surface area contributed by atoms with Crippen molar-refractivity contribution in [2.45, 2.75) is 37.3 Å². The van der Waals surface area contributed by atoms with Crippen LogP contribution in [0.3, 0.4) is 0 Å². The molecule has 0 spiro atoms. The molecule has 2 unspecified atom stereocenters. The highest BCUT2D eigenvalue weighted by molar-refractivity contribution is 6.30. The zero-order chi connectivity index (χ0) is 18.6. The number of carbonyl (C=O) groups is 1. The molecule has 1 amide bonds. The zero-order valence-corrected chi connectivity index (χ0v) is 16.8. The minimum atomic E-state index is -0.884. The van der Waals surface area contributed by atoms with Gasteiger partial charge in [-0.15, -0.1) is 12.4 Å². The van der Waals surface area contributed by atoms with Crippen LogP contribution < -0.4 is 5.73 Å². The summed E-state index contributed by atoms with van der Waals surface area (Å²) in [6.07, 6.45) is 2.38. The molecule has 0 bridgehead atoms. The van der Waals surface area contributed by atoms with Gasteiger partial charge in [0.2, 0.25) is 5.91 Å². The molecule has 1 aliphatic heterocycles. The molecule has 0 aromatic heterocycles. The summed E-state index contributed by atoms with van der Waals surface area (Å²) in [5.74, 6) is -0.268. The Kier molecular flexibility index (Phi) is 7.68. The smallest absolute Gasteiger partial charge is 0.217 e. The summed E-state index contributed by atoms with van der Waals surface area (Å²) in [5, 5.41) is 12.0. The van der Waals surface area contributed by atoms with Crippen molar-refractivity contribution in [2.75, 3.05) is 13.1 Å². The van der Waals surface area contributed by atoms with Gasteiger partial charge < -0.3 is 10.8 Å². The van der Waals surface area contributed by atoms with Gasteiger partial charge in [-0.3, -0.25) is 9.69 Å². The molecular weight excluding hydrogens is 383 g/mol. The number of benzene rings is 2. The predicted octanol–water partition coefficient (Wildman–Crippen LogP) is 4.05. The van der Waals surface area contributed by atoms with Gasteiger partial charge in [-0.25, -0.2) is 0 Å². The molecule has 3 rings (SSSR count). The molecule has 2 atom stereocenters. The number of nitrogens with zero attached hydrogens (tertiary/aromatic N) is 1. The van der Waals surface area contributed by atoms with Crippen LogP contribution in [0.1, 0.15) is 42.9 Å². The Morgan fingerprint density at radius 1 is 1.19 bits per heavy atom. The summed E-state index contributed by atoms with van der Waals surface area (Å²) in [7, 11) is 0. The SMILES string of the molecule is Cl.NC(=O)CCCN1CCC(O)(c2ccc(Cl)cc2)CC1c1ccccc1. The molecule has 4 nitrogen and oxygen atoms in total. The highest BCUT2D eigenvalue weighted by atomic mass is 35.5. The van der Waals surface area contributed by atoms with Crippen molar-refractivity contribution in [3.63, 3.8) is 0 Å². The van der Waals surface area contributed by atoms with Crippen molar-refractivity contribution in [1.29, 1.82) is 0 Å². The van der Waals surface area contributed by atoms with Crippen molar-refractivity contribution in [1.82, 2.24) is 4.90 Å². The highest BCUT2D eigenvalue weighted by Gasteiger charge is 2.39. The van der Waals surface area contributed by atoms with Crippen LogP contribution in [0.15, 0.2) is 54.6 Å². The van der Waals surface area contributed by atoms with Gasteiger partial charge in [-0.1, -0.05) is 54.1 Å².